The maximum absolute atomic E-state index is 11.4. The normalized spacial score (nSPS) is 12.5. The summed E-state index contributed by atoms with van der Waals surface area (Å²) in [6.07, 6.45) is 1.64. The van der Waals surface area contributed by atoms with E-state index in [0.717, 1.165) is 31.0 Å². The summed E-state index contributed by atoms with van der Waals surface area (Å²) >= 11 is 1.92. The Bertz CT molecular complexity index is 165. The molecule has 0 radical (unpaired) electrons. The number of carbonyl (C=O) groups excluding carboxylic acids is 1. The Labute approximate surface area is 97.8 Å². The van der Waals surface area contributed by atoms with Gasteiger partial charge in [-0.2, -0.15) is 11.8 Å². The Morgan fingerprint density at radius 3 is 2.73 bits per heavy atom. The second-order valence-corrected chi connectivity index (χ2v) is 4.95. The Kier molecular flexibility index (Phi) is 10.2. The molecule has 0 rings (SSSR count). The van der Waals surface area contributed by atoms with Crippen molar-refractivity contribution in [1.82, 2.24) is 10.6 Å². The van der Waals surface area contributed by atoms with Gasteiger partial charge < -0.3 is 10.6 Å². The Hall–Kier alpha value is -0.220. The molecule has 0 aromatic rings. The fourth-order valence-corrected chi connectivity index (χ4v) is 2.01. The molecule has 0 saturated carbocycles. The number of carbonyl (C=O) groups is 1. The van der Waals surface area contributed by atoms with Gasteiger partial charge in [-0.3, -0.25) is 4.79 Å². The molecular weight excluding hydrogens is 208 g/mol. The summed E-state index contributed by atoms with van der Waals surface area (Å²) in [5.41, 5.74) is 0. The minimum absolute atomic E-state index is 0.157. The molecule has 15 heavy (non-hydrogen) atoms. The summed E-state index contributed by atoms with van der Waals surface area (Å²) < 4.78 is 0. The van der Waals surface area contributed by atoms with Gasteiger partial charge in [-0.1, -0.05) is 13.8 Å². The molecule has 4 heteroatoms. The number of hydrogen-bond acceptors (Lipinski definition) is 3. The molecule has 3 nitrogen and oxygen atoms in total. The van der Waals surface area contributed by atoms with Crippen molar-refractivity contribution >= 4 is 17.7 Å². The average molecular weight is 232 g/mol. The first-order valence-corrected chi connectivity index (χ1v) is 6.94. The van der Waals surface area contributed by atoms with Crippen LogP contribution >= 0.6 is 11.8 Å². The summed E-state index contributed by atoms with van der Waals surface area (Å²) in [6, 6.07) is 0.304. The van der Waals surface area contributed by atoms with Gasteiger partial charge in [0, 0.05) is 19.0 Å². The summed E-state index contributed by atoms with van der Waals surface area (Å²) in [4.78, 5) is 11.4. The van der Waals surface area contributed by atoms with Crippen molar-refractivity contribution in [2.24, 2.45) is 0 Å². The van der Waals surface area contributed by atoms with Gasteiger partial charge in [0.15, 0.2) is 0 Å². The van der Waals surface area contributed by atoms with Crippen LogP contribution in [-0.4, -0.2) is 36.5 Å². The van der Waals surface area contributed by atoms with Gasteiger partial charge >= 0.3 is 0 Å². The molecule has 0 aromatic heterocycles. The van der Waals surface area contributed by atoms with E-state index in [1.807, 2.05) is 18.7 Å². The van der Waals surface area contributed by atoms with E-state index in [4.69, 9.17) is 0 Å². The van der Waals surface area contributed by atoms with E-state index in [9.17, 15) is 4.79 Å². The van der Waals surface area contributed by atoms with Gasteiger partial charge in [-0.25, -0.2) is 0 Å². The van der Waals surface area contributed by atoms with E-state index < -0.39 is 0 Å². The third kappa shape index (κ3) is 10.1. The molecule has 0 aliphatic carbocycles. The average Bonchev–Trinajstić information content (AvgIpc) is 2.18. The molecule has 0 aliphatic rings. The van der Waals surface area contributed by atoms with E-state index in [1.165, 1.54) is 0 Å². The number of nitrogens with one attached hydrogen (secondary N) is 2. The van der Waals surface area contributed by atoms with Crippen molar-refractivity contribution in [2.45, 2.75) is 39.7 Å². The molecule has 0 saturated heterocycles. The van der Waals surface area contributed by atoms with Crippen molar-refractivity contribution < 1.29 is 4.79 Å². The molecule has 0 bridgehead atoms. The zero-order valence-electron chi connectivity index (χ0n) is 10.1. The standard InChI is InChI=1S/C11H24N2OS/c1-4-12-8-6-11(14)13-10(3)7-9-15-5-2/h10,12H,4-9H2,1-3H3,(H,13,14). The van der Waals surface area contributed by atoms with Crippen LogP contribution < -0.4 is 10.6 Å². The van der Waals surface area contributed by atoms with Crippen molar-refractivity contribution in [1.29, 1.82) is 0 Å². The van der Waals surface area contributed by atoms with E-state index in [1.54, 1.807) is 0 Å². The van der Waals surface area contributed by atoms with Gasteiger partial charge in [-0.05, 0) is 31.4 Å². The van der Waals surface area contributed by atoms with Gasteiger partial charge in [0.2, 0.25) is 5.91 Å². The highest BCUT2D eigenvalue weighted by Crippen LogP contribution is 2.03. The lowest BCUT2D eigenvalue weighted by Crippen LogP contribution is -2.34. The third-order valence-electron chi connectivity index (χ3n) is 2.09. The van der Waals surface area contributed by atoms with E-state index in [-0.39, 0.29) is 5.91 Å². The molecule has 0 spiro atoms. The highest BCUT2D eigenvalue weighted by atomic mass is 32.2. The molecule has 1 atom stereocenters. The molecule has 90 valence electrons. The maximum atomic E-state index is 11.4. The van der Waals surface area contributed by atoms with Crippen LogP contribution in [0.3, 0.4) is 0 Å². The van der Waals surface area contributed by atoms with Crippen LogP contribution in [0.5, 0.6) is 0 Å². The number of thioether (sulfide) groups is 1. The van der Waals surface area contributed by atoms with Crippen molar-refractivity contribution in [3.05, 3.63) is 0 Å². The van der Waals surface area contributed by atoms with Crippen LogP contribution in [0.4, 0.5) is 0 Å². The first-order valence-electron chi connectivity index (χ1n) is 5.78. The minimum atomic E-state index is 0.157. The lowest BCUT2D eigenvalue weighted by atomic mass is 10.2. The smallest absolute Gasteiger partial charge is 0.221 e. The number of amides is 1. The molecule has 2 N–H and O–H groups in total. The van der Waals surface area contributed by atoms with E-state index in [2.05, 4.69) is 24.5 Å². The second-order valence-electron chi connectivity index (χ2n) is 3.56. The van der Waals surface area contributed by atoms with Gasteiger partial charge in [-0.15, -0.1) is 0 Å². The monoisotopic (exact) mass is 232 g/mol. The summed E-state index contributed by atoms with van der Waals surface area (Å²) in [7, 11) is 0. The number of rotatable bonds is 9. The zero-order chi connectivity index (χ0) is 11.5. The molecule has 1 amide bonds. The molecule has 1 unspecified atom stereocenters. The van der Waals surface area contributed by atoms with E-state index >= 15 is 0 Å². The largest absolute Gasteiger partial charge is 0.354 e. The number of hydrogen-bond donors (Lipinski definition) is 2. The third-order valence-corrected chi connectivity index (χ3v) is 3.02. The zero-order valence-corrected chi connectivity index (χ0v) is 11.0. The fraction of sp³-hybridized carbons (Fsp3) is 0.909. The predicted octanol–water partition coefficient (Wildman–Crippen LogP) is 1.63. The molecule has 0 heterocycles. The van der Waals surface area contributed by atoms with Crippen LogP contribution in [0.1, 0.15) is 33.6 Å². The predicted molar refractivity (Wildman–Crippen MR) is 68.4 cm³/mol. The van der Waals surface area contributed by atoms with Crippen molar-refractivity contribution in [2.75, 3.05) is 24.6 Å². The SMILES string of the molecule is CCNCCC(=O)NC(C)CCSCC. The van der Waals surface area contributed by atoms with Gasteiger partial charge in [0.1, 0.15) is 0 Å². The van der Waals surface area contributed by atoms with Crippen LogP contribution in [0.25, 0.3) is 0 Å². The molecule has 0 aromatic carbocycles. The molecular formula is C11H24N2OS. The van der Waals surface area contributed by atoms with Crippen molar-refractivity contribution in [3.63, 3.8) is 0 Å². The second kappa shape index (κ2) is 10.3. The lowest BCUT2D eigenvalue weighted by Gasteiger charge is -2.13. The van der Waals surface area contributed by atoms with Crippen LogP contribution in [0.15, 0.2) is 0 Å². The first kappa shape index (κ1) is 14.8. The highest BCUT2D eigenvalue weighted by Gasteiger charge is 2.06. The minimum Gasteiger partial charge on any atom is -0.354 e. The van der Waals surface area contributed by atoms with Gasteiger partial charge in [0.05, 0.1) is 0 Å². The van der Waals surface area contributed by atoms with E-state index in [0.29, 0.717) is 12.5 Å². The highest BCUT2D eigenvalue weighted by molar-refractivity contribution is 7.99. The Morgan fingerprint density at radius 2 is 2.13 bits per heavy atom. The van der Waals surface area contributed by atoms with Crippen LogP contribution in [0.2, 0.25) is 0 Å². The molecule has 0 aliphatic heterocycles. The summed E-state index contributed by atoms with van der Waals surface area (Å²) in [6.45, 7) is 7.98. The van der Waals surface area contributed by atoms with Crippen LogP contribution in [-0.2, 0) is 4.79 Å². The Balaban J connectivity index is 3.40. The van der Waals surface area contributed by atoms with Gasteiger partial charge in [0.25, 0.3) is 0 Å². The Morgan fingerprint density at radius 1 is 1.40 bits per heavy atom. The summed E-state index contributed by atoms with van der Waals surface area (Å²) in [5.74, 6) is 2.44. The first-order chi connectivity index (χ1) is 7.20. The maximum Gasteiger partial charge on any atom is 0.221 e. The quantitative estimate of drug-likeness (QED) is 0.594. The lowest BCUT2D eigenvalue weighted by molar-refractivity contribution is -0.121. The topological polar surface area (TPSA) is 41.1 Å². The fourth-order valence-electron chi connectivity index (χ4n) is 1.20. The van der Waals surface area contributed by atoms with Crippen molar-refractivity contribution in [3.8, 4) is 0 Å². The molecule has 0 fully saturated rings. The summed E-state index contributed by atoms with van der Waals surface area (Å²) in [5, 5.41) is 6.15. The van der Waals surface area contributed by atoms with Crippen LogP contribution in [0, 0.1) is 0 Å².